The monoisotopic (exact) mass is 436 g/mol. The molecule has 1 aliphatic heterocycles. The lowest BCUT2D eigenvalue weighted by atomic mass is 10.1. The number of thioether (sulfide) groups is 1. The lowest BCUT2D eigenvalue weighted by molar-refractivity contribution is -0.114. The van der Waals surface area contributed by atoms with Crippen molar-refractivity contribution in [3.8, 4) is 5.75 Å². The summed E-state index contributed by atoms with van der Waals surface area (Å²) in [5.41, 5.74) is 2.16. The number of hydrogen-bond donors (Lipinski definition) is 1. The second-order valence-corrected chi connectivity index (χ2v) is 8.81. The van der Waals surface area contributed by atoms with Crippen LogP contribution in [0.15, 0.2) is 69.8 Å². The third kappa shape index (κ3) is 4.27. The molecule has 0 unspecified atom stereocenters. The lowest BCUT2D eigenvalue weighted by Gasteiger charge is -2.27. The molecule has 4 rings (SSSR count). The molecule has 0 fully saturated rings. The van der Waals surface area contributed by atoms with Gasteiger partial charge < -0.3 is 15.0 Å². The van der Waals surface area contributed by atoms with E-state index in [2.05, 4.69) is 5.32 Å². The number of rotatable bonds is 5. The number of methoxy groups -OCH3 is 1. The van der Waals surface area contributed by atoms with Gasteiger partial charge in [0.05, 0.1) is 24.2 Å². The van der Waals surface area contributed by atoms with E-state index < -0.39 is 0 Å². The van der Waals surface area contributed by atoms with Gasteiger partial charge in [0, 0.05) is 22.4 Å². The smallest absolute Gasteiger partial charge is 0.264 e. The molecular formula is C23H20N2O3S2. The molecule has 0 bridgehead atoms. The maximum atomic E-state index is 12.9. The van der Waals surface area contributed by atoms with Crippen LogP contribution in [-0.2, 0) is 11.3 Å². The van der Waals surface area contributed by atoms with E-state index in [0.29, 0.717) is 17.0 Å². The van der Waals surface area contributed by atoms with E-state index in [1.54, 1.807) is 42.5 Å². The highest BCUT2D eigenvalue weighted by Crippen LogP contribution is 2.42. The number of amides is 2. The number of fused-ring (bicyclic) bond motifs is 1. The van der Waals surface area contributed by atoms with Crippen LogP contribution in [0.2, 0.25) is 0 Å². The molecule has 0 radical (unpaired) electrons. The van der Waals surface area contributed by atoms with Crippen LogP contribution < -0.4 is 15.0 Å². The van der Waals surface area contributed by atoms with Crippen LogP contribution in [-0.4, -0.2) is 26.0 Å². The summed E-state index contributed by atoms with van der Waals surface area (Å²) in [6, 6.07) is 17.0. The summed E-state index contributed by atoms with van der Waals surface area (Å²) in [4.78, 5) is 29.7. The fraction of sp³-hybridized carbons (Fsp3) is 0.130. The maximum Gasteiger partial charge on any atom is 0.264 e. The summed E-state index contributed by atoms with van der Waals surface area (Å²) in [5.74, 6) is 0.478. The molecule has 7 heteroatoms. The molecule has 1 N–H and O–H groups in total. The van der Waals surface area contributed by atoms with E-state index in [1.165, 1.54) is 11.8 Å². The van der Waals surface area contributed by atoms with Gasteiger partial charge in [-0.25, -0.2) is 0 Å². The number of benzene rings is 2. The van der Waals surface area contributed by atoms with Crippen molar-refractivity contribution < 1.29 is 14.3 Å². The van der Waals surface area contributed by atoms with Gasteiger partial charge in [0.1, 0.15) is 5.75 Å². The molecule has 0 atom stereocenters. The summed E-state index contributed by atoms with van der Waals surface area (Å²) in [6.45, 7) is 0.491. The molecule has 3 aromatic rings. The fourth-order valence-electron chi connectivity index (χ4n) is 3.10. The molecule has 30 heavy (non-hydrogen) atoms. The largest absolute Gasteiger partial charge is 0.497 e. The zero-order valence-corrected chi connectivity index (χ0v) is 18.2. The number of ether oxygens (including phenoxy) is 1. The minimum absolute atomic E-state index is 0.105. The van der Waals surface area contributed by atoms with Crippen LogP contribution in [0.25, 0.3) is 6.08 Å². The normalized spacial score (nSPS) is 14.5. The Hall–Kier alpha value is -3.03. The van der Waals surface area contributed by atoms with Crippen LogP contribution in [0.5, 0.6) is 5.75 Å². The van der Waals surface area contributed by atoms with Gasteiger partial charge in [-0.3, -0.25) is 9.59 Å². The number of carbonyl (C=O) groups excluding carboxylic acids is 2. The third-order valence-electron chi connectivity index (χ3n) is 4.71. The standard InChI is InChI=1S/C23H20N2O3S2/c1-25-19-13-16(22(26)24-14-18-7-4-10-29-18)8-9-20(19)30-21(23(25)27)12-15-5-3-6-17(11-15)28-2/h3-13H,14H2,1-2H3,(H,24,26). The Morgan fingerprint density at radius 1 is 1.17 bits per heavy atom. The zero-order valence-electron chi connectivity index (χ0n) is 16.5. The Kier molecular flexibility index (Phi) is 5.92. The molecule has 2 aromatic carbocycles. The highest BCUT2D eigenvalue weighted by Gasteiger charge is 2.27. The lowest BCUT2D eigenvalue weighted by Crippen LogP contribution is -2.30. The highest BCUT2D eigenvalue weighted by atomic mass is 32.2. The minimum atomic E-state index is -0.158. The first kappa shape index (κ1) is 20.3. The SMILES string of the molecule is COc1cccc(C=C2Sc3ccc(C(=O)NCc4cccs4)cc3N(C)C2=O)c1. The number of carbonyl (C=O) groups is 2. The molecule has 2 amide bonds. The van der Waals surface area contributed by atoms with E-state index >= 15 is 0 Å². The van der Waals surface area contributed by atoms with Crippen LogP contribution in [0.3, 0.4) is 0 Å². The average Bonchev–Trinajstić information content (AvgIpc) is 3.29. The first-order valence-electron chi connectivity index (χ1n) is 9.31. The van der Waals surface area contributed by atoms with Gasteiger partial charge >= 0.3 is 0 Å². The van der Waals surface area contributed by atoms with Gasteiger partial charge in [0.2, 0.25) is 0 Å². The van der Waals surface area contributed by atoms with Gasteiger partial charge in [-0.15, -0.1) is 11.3 Å². The van der Waals surface area contributed by atoms with E-state index in [0.717, 1.165) is 26.8 Å². The van der Waals surface area contributed by atoms with Crippen molar-refractivity contribution in [2.45, 2.75) is 11.4 Å². The van der Waals surface area contributed by atoms with Crippen LogP contribution in [0.1, 0.15) is 20.8 Å². The molecule has 0 saturated heterocycles. The summed E-state index contributed by atoms with van der Waals surface area (Å²) in [5, 5.41) is 4.91. The zero-order chi connectivity index (χ0) is 21.1. The number of likely N-dealkylation sites (N-methyl/N-ethyl adjacent to an activating group) is 1. The van der Waals surface area contributed by atoms with Gasteiger partial charge in [-0.05, 0) is 53.4 Å². The molecule has 152 valence electrons. The Labute approximate surface area is 183 Å². The molecular weight excluding hydrogens is 416 g/mol. The van der Waals surface area contributed by atoms with Crippen molar-refractivity contribution in [1.29, 1.82) is 0 Å². The molecule has 2 heterocycles. The molecule has 5 nitrogen and oxygen atoms in total. The third-order valence-corrected chi connectivity index (χ3v) is 6.67. The van der Waals surface area contributed by atoms with E-state index in [4.69, 9.17) is 4.74 Å². The van der Waals surface area contributed by atoms with Crippen molar-refractivity contribution in [3.05, 3.63) is 80.9 Å². The van der Waals surface area contributed by atoms with Crippen molar-refractivity contribution in [2.75, 3.05) is 19.1 Å². The Bertz CT molecular complexity index is 1120. The second kappa shape index (κ2) is 8.77. The number of hydrogen-bond acceptors (Lipinski definition) is 5. The van der Waals surface area contributed by atoms with Crippen molar-refractivity contribution in [1.82, 2.24) is 5.32 Å². The van der Waals surface area contributed by atoms with Crippen LogP contribution in [0, 0.1) is 0 Å². The van der Waals surface area contributed by atoms with Gasteiger partial charge in [-0.2, -0.15) is 0 Å². The predicted octanol–water partition coefficient (Wildman–Crippen LogP) is 4.80. The van der Waals surface area contributed by atoms with Crippen molar-refractivity contribution >= 4 is 46.7 Å². The Balaban J connectivity index is 1.55. The number of nitrogens with one attached hydrogen (secondary N) is 1. The molecule has 1 aromatic heterocycles. The number of anilines is 1. The van der Waals surface area contributed by atoms with Gasteiger partial charge in [0.25, 0.3) is 11.8 Å². The van der Waals surface area contributed by atoms with Crippen molar-refractivity contribution in [2.24, 2.45) is 0 Å². The number of nitrogens with zero attached hydrogens (tertiary/aromatic N) is 1. The highest BCUT2D eigenvalue weighted by molar-refractivity contribution is 8.04. The van der Waals surface area contributed by atoms with Crippen LogP contribution in [0.4, 0.5) is 5.69 Å². The fourth-order valence-corrected chi connectivity index (χ4v) is 4.84. The Morgan fingerprint density at radius 3 is 2.80 bits per heavy atom. The summed E-state index contributed by atoms with van der Waals surface area (Å²) in [7, 11) is 3.35. The maximum absolute atomic E-state index is 12.9. The second-order valence-electron chi connectivity index (χ2n) is 6.70. The average molecular weight is 437 g/mol. The predicted molar refractivity (Wildman–Crippen MR) is 122 cm³/mol. The van der Waals surface area contributed by atoms with E-state index in [1.807, 2.05) is 53.9 Å². The van der Waals surface area contributed by atoms with Crippen molar-refractivity contribution in [3.63, 3.8) is 0 Å². The Morgan fingerprint density at radius 2 is 2.03 bits per heavy atom. The van der Waals surface area contributed by atoms with Gasteiger partial charge in [-0.1, -0.05) is 30.0 Å². The molecule has 0 aliphatic carbocycles. The number of thiophene rings is 1. The molecule has 1 aliphatic rings. The van der Waals surface area contributed by atoms with E-state index in [-0.39, 0.29) is 11.8 Å². The first-order valence-corrected chi connectivity index (χ1v) is 11.0. The van der Waals surface area contributed by atoms with Crippen LogP contribution >= 0.6 is 23.1 Å². The van der Waals surface area contributed by atoms with Gasteiger partial charge in [0.15, 0.2) is 0 Å². The topological polar surface area (TPSA) is 58.6 Å². The summed E-state index contributed by atoms with van der Waals surface area (Å²) < 4.78 is 5.26. The first-order chi connectivity index (χ1) is 14.5. The molecule has 0 spiro atoms. The quantitative estimate of drug-likeness (QED) is 0.584. The summed E-state index contributed by atoms with van der Waals surface area (Å²) in [6.07, 6.45) is 1.86. The summed E-state index contributed by atoms with van der Waals surface area (Å²) >= 11 is 3.01. The van der Waals surface area contributed by atoms with E-state index in [9.17, 15) is 9.59 Å². The minimum Gasteiger partial charge on any atom is -0.497 e. The molecule has 0 saturated carbocycles.